The molecule has 1 fully saturated rings. The van der Waals surface area contributed by atoms with E-state index in [4.69, 9.17) is 4.84 Å². The first-order chi connectivity index (χ1) is 9.08. The molecule has 3 rings (SSSR count). The monoisotopic (exact) mass is 259 g/mol. The van der Waals surface area contributed by atoms with Crippen LogP contribution < -0.4 is 0 Å². The van der Waals surface area contributed by atoms with Crippen LogP contribution >= 0.6 is 0 Å². The van der Waals surface area contributed by atoms with E-state index in [2.05, 4.69) is 6.92 Å². The Hall–Kier alpha value is -2.17. The first kappa shape index (κ1) is 11.9. The van der Waals surface area contributed by atoms with Crippen molar-refractivity contribution in [2.45, 2.75) is 19.8 Å². The lowest BCUT2D eigenvalue weighted by molar-refractivity contribution is -0.169. The van der Waals surface area contributed by atoms with Crippen LogP contribution in [0.25, 0.3) is 0 Å². The molecule has 5 nitrogen and oxygen atoms in total. The average Bonchev–Trinajstić information content (AvgIpc) is 3.03. The Morgan fingerprint density at radius 1 is 1.26 bits per heavy atom. The number of fused-ring (bicyclic) bond motifs is 1. The van der Waals surface area contributed by atoms with E-state index in [0.717, 1.165) is 6.42 Å². The molecule has 0 N–H and O–H groups in total. The highest BCUT2D eigenvalue weighted by Crippen LogP contribution is 2.40. The number of rotatable bonds is 3. The van der Waals surface area contributed by atoms with Crippen LogP contribution in [0.3, 0.4) is 0 Å². The smallest absolute Gasteiger partial charge is 0.330 e. The summed E-state index contributed by atoms with van der Waals surface area (Å²) in [5, 5.41) is 0.569. The van der Waals surface area contributed by atoms with E-state index in [1.54, 1.807) is 24.3 Å². The summed E-state index contributed by atoms with van der Waals surface area (Å²) in [5.41, 5.74) is 0.556. The Bertz CT molecular complexity index is 546. The predicted molar refractivity (Wildman–Crippen MR) is 64.9 cm³/mol. The molecule has 98 valence electrons. The van der Waals surface area contributed by atoms with Gasteiger partial charge in [0, 0.05) is 0 Å². The summed E-state index contributed by atoms with van der Waals surface area (Å²) >= 11 is 0. The minimum absolute atomic E-state index is 0.259. The average molecular weight is 259 g/mol. The summed E-state index contributed by atoms with van der Waals surface area (Å²) in [5.74, 6) is -0.822. The third-order valence-electron chi connectivity index (χ3n) is 3.65. The molecule has 1 saturated carbocycles. The summed E-state index contributed by atoms with van der Waals surface area (Å²) in [6.07, 6.45) is 1.26. The molecule has 5 heteroatoms. The van der Waals surface area contributed by atoms with Crippen molar-refractivity contribution >= 4 is 17.8 Å². The Morgan fingerprint density at radius 2 is 1.79 bits per heavy atom. The highest BCUT2D eigenvalue weighted by molar-refractivity contribution is 6.20. The normalized spacial score (nSPS) is 24.4. The molecule has 1 aliphatic heterocycles. The first-order valence-electron chi connectivity index (χ1n) is 6.26. The lowest BCUT2D eigenvalue weighted by atomic mass is 10.1. The number of amides is 2. The SMILES string of the molecule is CC1CC1CC(=O)ON1C(=O)c2ccccc2C1=O. The standard InChI is InChI=1S/C14H13NO4/c1-8-6-9(8)7-12(16)19-15-13(17)10-4-2-3-5-11(10)14(15)18/h2-5,8-9H,6-7H2,1H3. The third-order valence-corrected chi connectivity index (χ3v) is 3.65. The van der Waals surface area contributed by atoms with E-state index in [0.29, 0.717) is 16.9 Å². The van der Waals surface area contributed by atoms with Crippen molar-refractivity contribution in [1.29, 1.82) is 0 Å². The fraction of sp³-hybridized carbons (Fsp3) is 0.357. The molecular weight excluding hydrogens is 246 g/mol. The number of carbonyl (C=O) groups is 3. The molecule has 0 spiro atoms. The zero-order chi connectivity index (χ0) is 13.6. The summed E-state index contributed by atoms with van der Waals surface area (Å²) in [4.78, 5) is 40.5. The van der Waals surface area contributed by atoms with Gasteiger partial charge in [0.2, 0.25) is 0 Å². The highest BCUT2D eigenvalue weighted by Gasteiger charge is 2.40. The van der Waals surface area contributed by atoms with Gasteiger partial charge in [-0.1, -0.05) is 24.1 Å². The molecule has 1 aromatic carbocycles. The van der Waals surface area contributed by atoms with Crippen molar-refractivity contribution in [2.75, 3.05) is 0 Å². The maximum atomic E-state index is 11.9. The number of benzene rings is 1. The number of carbonyl (C=O) groups excluding carboxylic acids is 3. The van der Waals surface area contributed by atoms with Gasteiger partial charge in [-0.3, -0.25) is 9.59 Å². The van der Waals surface area contributed by atoms with Gasteiger partial charge in [-0.2, -0.15) is 0 Å². The second kappa shape index (κ2) is 4.19. The van der Waals surface area contributed by atoms with Gasteiger partial charge in [-0.15, -0.1) is 0 Å². The second-order valence-electron chi connectivity index (χ2n) is 5.09. The van der Waals surface area contributed by atoms with Gasteiger partial charge in [-0.25, -0.2) is 4.79 Å². The van der Waals surface area contributed by atoms with Crippen molar-refractivity contribution in [3.63, 3.8) is 0 Å². The minimum atomic E-state index is -0.571. The van der Waals surface area contributed by atoms with Gasteiger partial charge < -0.3 is 4.84 Å². The highest BCUT2D eigenvalue weighted by atomic mass is 16.7. The summed E-state index contributed by atoms with van der Waals surface area (Å²) in [6, 6.07) is 6.43. The van der Waals surface area contributed by atoms with Gasteiger partial charge in [-0.05, 0) is 30.4 Å². The summed E-state index contributed by atoms with van der Waals surface area (Å²) in [7, 11) is 0. The number of hydrogen-bond donors (Lipinski definition) is 0. The second-order valence-corrected chi connectivity index (χ2v) is 5.09. The number of hydrogen-bond acceptors (Lipinski definition) is 4. The minimum Gasteiger partial charge on any atom is -0.330 e. The van der Waals surface area contributed by atoms with Crippen LogP contribution in [0.1, 0.15) is 40.5 Å². The maximum absolute atomic E-state index is 11.9. The van der Waals surface area contributed by atoms with Crippen LogP contribution in [0.2, 0.25) is 0 Å². The fourth-order valence-corrected chi connectivity index (χ4v) is 2.29. The molecule has 2 aliphatic rings. The van der Waals surface area contributed by atoms with Crippen LogP contribution in [0.5, 0.6) is 0 Å². The van der Waals surface area contributed by atoms with Gasteiger partial charge in [0.15, 0.2) is 0 Å². The van der Waals surface area contributed by atoms with E-state index in [9.17, 15) is 14.4 Å². The first-order valence-corrected chi connectivity index (χ1v) is 6.26. The van der Waals surface area contributed by atoms with Crippen LogP contribution in [-0.2, 0) is 9.63 Å². The van der Waals surface area contributed by atoms with E-state index in [1.165, 1.54) is 0 Å². The Labute approximate surface area is 110 Å². The molecule has 2 unspecified atom stereocenters. The lowest BCUT2D eigenvalue weighted by Crippen LogP contribution is -2.32. The lowest BCUT2D eigenvalue weighted by Gasteiger charge is -2.12. The van der Waals surface area contributed by atoms with Gasteiger partial charge >= 0.3 is 5.97 Å². The molecule has 0 aromatic heterocycles. The summed E-state index contributed by atoms with van der Waals surface area (Å²) < 4.78 is 0. The molecule has 2 amide bonds. The molecule has 19 heavy (non-hydrogen) atoms. The number of hydroxylamine groups is 2. The number of imide groups is 1. The fourth-order valence-electron chi connectivity index (χ4n) is 2.29. The van der Waals surface area contributed by atoms with Gasteiger partial charge in [0.25, 0.3) is 11.8 Å². The van der Waals surface area contributed by atoms with E-state index in [-0.39, 0.29) is 17.5 Å². The molecule has 1 aromatic rings. The molecule has 0 bridgehead atoms. The number of nitrogens with zero attached hydrogens (tertiary/aromatic N) is 1. The molecule has 2 atom stereocenters. The molecule has 1 aliphatic carbocycles. The van der Waals surface area contributed by atoms with Crippen molar-refractivity contribution in [2.24, 2.45) is 11.8 Å². The van der Waals surface area contributed by atoms with Crippen LogP contribution in [0.15, 0.2) is 24.3 Å². The van der Waals surface area contributed by atoms with Crippen molar-refractivity contribution < 1.29 is 19.2 Å². The molecule has 0 saturated heterocycles. The van der Waals surface area contributed by atoms with E-state index < -0.39 is 17.8 Å². The topological polar surface area (TPSA) is 63.7 Å². The quantitative estimate of drug-likeness (QED) is 0.776. The van der Waals surface area contributed by atoms with E-state index >= 15 is 0 Å². The van der Waals surface area contributed by atoms with Crippen LogP contribution in [0, 0.1) is 11.8 Å². The van der Waals surface area contributed by atoms with Crippen LogP contribution in [-0.4, -0.2) is 22.8 Å². The van der Waals surface area contributed by atoms with Crippen molar-refractivity contribution in [3.05, 3.63) is 35.4 Å². The van der Waals surface area contributed by atoms with Crippen molar-refractivity contribution in [1.82, 2.24) is 5.06 Å². The third kappa shape index (κ3) is 2.01. The molecular formula is C14H13NO4. The zero-order valence-electron chi connectivity index (χ0n) is 10.5. The Balaban J connectivity index is 1.71. The zero-order valence-corrected chi connectivity index (χ0v) is 10.5. The maximum Gasteiger partial charge on any atom is 0.333 e. The largest absolute Gasteiger partial charge is 0.333 e. The van der Waals surface area contributed by atoms with Crippen LogP contribution in [0.4, 0.5) is 0 Å². The van der Waals surface area contributed by atoms with Crippen molar-refractivity contribution in [3.8, 4) is 0 Å². The molecule has 0 radical (unpaired) electrons. The molecule has 1 heterocycles. The van der Waals surface area contributed by atoms with Gasteiger partial charge in [0.05, 0.1) is 17.5 Å². The van der Waals surface area contributed by atoms with E-state index in [1.807, 2.05) is 0 Å². The Kier molecular flexibility index (Phi) is 2.62. The predicted octanol–water partition coefficient (Wildman–Crippen LogP) is 1.79. The summed E-state index contributed by atoms with van der Waals surface area (Å²) in [6.45, 7) is 2.06. The Morgan fingerprint density at radius 3 is 2.26 bits per heavy atom. The van der Waals surface area contributed by atoms with Gasteiger partial charge in [0.1, 0.15) is 0 Å².